The van der Waals surface area contributed by atoms with Crippen molar-refractivity contribution in [2.75, 3.05) is 19.3 Å². The highest BCUT2D eigenvalue weighted by atomic mass is 19.4. The van der Waals surface area contributed by atoms with Gasteiger partial charge in [-0.05, 0) is 19.1 Å². The molecule has 0 atom stereocenters. The number of amides is 1. The third-order valence-electron chi connectivity index (χ3n) is 2.39. The molecule has 0 unspecified atom stereocenters. The van der Waals surface area contributed by atoms with Gasteiger partial charge in [-0.15, -0.1) is 0 Å². The van der Waals surface area contributed by atoms with Crippen LogP contribution >= 0.6 is 0 Å². The van der Waals surface area contributed by atoms with E-state index in [2.05, 4.69) is 0 Å². The van der Waals surface area contributed by atoms with Crippen molar-refractivity contribution < 1.29 is 22.4 Å². The minimum Gasteiger partial charge on any atom is -0.398 e. The topological polar surface area (TPSA) is 46.3 Å². The molecule has 0 aliphatic rings. The number of alkyl halides is 3. The maximum Gasteiger partial charge on any atom is 0.406 e. The summed E-state index contributed by atoms with van der Waals surface area (Å²) in [5, 5.41) is 0. The number of nitrogens with two attached hydrogens (primary N) is 1. The second-order valence-corrected chi connectivity index (χ2v) is 3.95. The van der Waals surface area contributed by atoms with E-state index in [4.69, 9.17) is 5.73 Å². The van der Waals surface area contributed by atoms with Crippen molar-refractivity contribution in [3.63, 3.8) is 0 Å². The lowest BCUT2D eigenvalue weighted by Crippen LogP contribution is -2.35. The molecule has 0 saturated carbocycles. The van der Waals surface area contributed by atoms with Crippen LogP contribution in [0.2, 0.25) is 0 Å². The van der Waals surface area contributed by atoms with Gasteiger partial charge in [0.15, 0.2) is 0 Å². The van der Waals surface area contributed by atoms with Gasteiger partial charge in [0.1, 0.15) is 12.4 Å². The number of halogens is 4. The molecular formula is C11H12F4N2O. The average molecular weight is 264 g/mol. The molecule has 0 bridgehead atoms. The molecule has 0 radical (unpaired) electrons. The Hall–Kier alpha value is -1.79. The predicted octanol–water partition coefficient (Wildman–Crippen LogP) is 2.35. The highest BCUT2D eigenvalue weighted by Crippen LogP contribution is 2.20. The monoisotopic (exact) mass is 264 g/mol. The lowest BCUT2D eigenvalue weighted by atomic mass is 10.1. The molecule has 100 valence electrons. The summed E-state index contributed by atoms with van der Waals surface area (Å²) in [6.07, 6.45) is -4.50. The number of benzene rings is 1. The molecule has 0 saturated heterocycles. The molecule has 0 aliphatic carbocycles. The highest BCUT2D eigenvalue weighted by molar-refractivity contribution is 5.95. The molecule has 7 heteroatoms. The summed E-state index contributed by atoms with van der Waals surface area (Å²) >= 11 is 0. The minimum absolute atomic E-state index is 0.0266. The lowest BCUT2D eigenvalue weighted by Gasteiger charge is -2.19. The van der Waals surface area contributed by atoms with Gasteiger partial charge in [0.2, 0.25) is 0 Å². The maximum absolute atomic E-state index is 13.3. The van der Waals surface area contributed by atoms with Gasteiger partial charge in [-0.2, -0.15) is 13.2 Å². The maximum atomic E-state index is 13.3. The van der Waals surface area contributed by atoms with Gasteiger partial charge < -0.3 is 10.6 Å². The molecule has 0 heterocycles. The Bertz CT molecular complexity index is 448. The zero-order valence-corrected chi connectivity index (χ0v) is 9.81. The molecule has 1 rings (SSSR count). The third-order valence-corrected chi connectivity index (χ3v) is 2.39. The highest BCUT2D eigenvalue weighted by Gasteiger charge is 2.31. The molecule has 18 heavy (non-hydrogen) atoms. The van der Waals surface area contributed by atoms with E-state index >= 15 is 0 Å². The first kappa shape index (κ1) is 14.3. The second kappa shape index (κ2) is 4.83. The van der Waals surface area contributed by atoms with E-state index in [1.54, 1.807) is 0 Å². The summed E-state index contributed by atoms with van der Waals surface area (Å²) in [4.78, 5) is 12.1. The molecule has 1 aromatic rings. The van der Waals surface area contributed by atoms with Crippen LogP contribution in [0.5, 0.6) is 0 Å². The van der Waals surface area contributed by atoms with Crippen molar-refractivity contribution in [1.82, 2.24) is 4.90 Å². The van der Waals surface area contributed by atoms with Crippen LogP contribution in [0.4, 0.5) is 23.2 Å². The number of carbonyl (C=O) groups excluding carboxylic acids is 1. The molecular weight excluding hydrogens is 252 g/mol. The fourth-order valence-corrected chi connectivity index (χ4v) is 1.38. The summed E-state index contributed by atoms with van der Waals surface area (Å²) in [5.41, 5.74) is 5.43. The molecule has 1 aromatic carbocycles. The Kier molecular flexibility index (Phi) is 3.83. The first-order valence-corrected chi connectivity index (χ1v) is 4.99. The summed E-state index contributed by atoms with van der Waals surface area (Å²) < 4.78 is 49.7. The fraction of sp³-hybridized carbons (Fsp3) is 0.364. The van der Waals surface area contributed by atoms with Crippen LogP contribution in [0.15, 0.2) is 12.1 Å². The fourth-order valence-electron chi connectivity index (χ4n) is 1.38. The minimum atomic E-state index is -4.50. The summed E-state index contributed by atoms with van der Waals surface area (Å²) in [6, 6.07) is 2.04. The number of carbonyl (C=O) groups is 1. The number of hydrogen-bond acceptors (Lipinski definition) is 2. The van der Waals surface area contributed by atoms with Crippen molar-refractivity contribution >= 4 is 11.6 Å². The van der Waals surface area contributed by atoms with Crippen LogP contribution in [0.25, 0.3) is 0 Å². The largest absolute Gasteiger partial charge is 0.406 e. The van der Waals surface area contributed by atoms with E-state index in [1.807, 2.05) is 0 Å². The first-order chi connectivity index (χ1) is 8.11. The van der Waals surface area contributed by atoms with Crippen LogP contribution in [-0.4, -0.2) is 30.6 Å². The van der Waals surface area contributed by atoms with Crippen LogP contribution in [0.3, 0.4) is 0 Å². The molecule has 0 aliphatic heterocycles. The Morgan fingerprint density at radius 1 is 1.39 bits per heavy atom. The van der Waals surface area contributed by atoms with Crippen LogP contribution in [-0.2, 0) is 0 Å². The standard InChI is InChI=1S/C11H12F4N2O/c1-6-8(12)3-7(4-9(6)16)10(18)17(2)5-11(13,14)15/h3-4H,5,16H2,1-2H3. The van der Waals surface area contributed by atoms with E-state index in [-0.39, 0.29) is 16.8 Å². The van der Waals surface area contributed by atoms with Crippen LogP contribution < -0.4 is 5.73 Å². The SMILES string of the molecule is Cc1c(N)cc(C(=O)N(C)CC(F)(F)F)cc1F. The van der Waals surface area contributed by atoms with Gasteiger partial charge in [0.05, 0.1) is 0 Å². The summed E-state index contributed by atoms with van der Waals surface area (Å²) in [6.45, 7) is 0.0135. The van der Waals surface area contributed by atoms with Gasteiger partial charge in [0, 0.05) is 23.9 Å². The van der Waals surface area contributed by atoms with Crippen LogP contribution in [0.1, 0.15) is 15.9 Å². The number of nitrogen functional groups attached to an aromatic ring is 1. The third kappa shape index (κ3) is 3.35. The summed E-state index contributed by atoms with van der Waals surface area (Å²) in [7, 11) is 0.990. The van der Waals surface area contributed by atoms with Crippen molar-refractivity contribution in [2.24, 2.45) is 0 Å². The molecule has 2 N–H and O–H groups in total. The summed E-state index contributed by atoms with van der Waals surface area (Å²) in [5.74, 6) is -1.66. The molecule has 1 amide bonds. The van der Waals surface area contributed by atoms with Gasteiger partial charge >= 0.3 is 6.18 Å². The average Bonchev–Trinajstić information content (AvgIpc) is 2.21. The van der Waals surface area contributed by atoms with E-state index in [9.17, 15) is 22.4 Å². The zero-order chi connectivity index (χ0) is 14.1. The smallest absolute Gasteiger partial charge is 0.398 e. The number of rotatable bonds is 2. The Balaban J connectivity index is 2.98. The van der Waals surface area contributed by atoms with E-state index in [0.717, 1.165) is 19.2 Å². The molecule has 0 spiro atoms. The second-order valence-electron chi connectivity index (χ2n) is 3.95. The van der Waals surface area contributed by atoms with Gasteiger partial charge in [-0.25, -0.2) is 4.39 Å². The normalized spacial score (nSPS) is 11.4. The zero-order valence-electron chi connectivity index (χ0n) is 9.81. The van der Waals surface area contributed by atoms with Crippen molar-refractivity contribution in [2.45, 2.75) is 13.1 Å². The van der Waals surface area contributed by atoms with Crippen molar-refractivity contribution in [3.8, 4) is 0 Å². The molecule has 0 aromatic heterocycles. The number of hydrogen-bond donors (Lipinski definition) is 1. The Morgan fingerprint density at radius 3 is 2.39 bits per heavy atom. The predicted molar refractivity (Wildman–Crippen MR) is 58.6 cm³/mol. The van der Waals surface area contributed by atoms with Gasteiger partial charge in [0.25, 0.3) is 5.91 Å². The van der Waals surface area contributed by atoms with Gasteiger partial charge in [-0.3, -0.25) is 4.79 Å². The Morgan fingerprint density at radius 2 is 1.94 bits per heavy atom. The molecule has 3 nitrogen and oxygen atoms in total. The van der Waals surface area contributed by atoms with E-state index in [1.165, 1.54) is 6.92 Å². The lowest BCUT2D eigenvalue weighted by molar-refractivity contribution is -0.138. The van der Waals surface area contributed by atoms with Crippen molar-refractivity contribution in [3.05, 3.63) is 29.1 Å². The number of nitrogens with zero attached hydrogens (tertiary/aromatic N) is 1. The quantitative estimate of drug-likeness (QED) is 0.658. The number of anilines is 1. The Labute approximate surface area is 101 Å². The van der Waals surface area contributed by atoms with E-state index in [0.29, 0.717) is 4.90 Å². The van der Waals surface area contributed by atoms with E-state index < -0.39 is 24.4 Å². The van der Waals surface area contributed by atoms with Crippen LogP contribution in [0, 0.1) is 12.7 Å². The first-order valence-electron chi connectivity index (χ1n) is 4.99. The van der Waals surface area contributed by atoms with Gasteiger partial charge in [-0.1, -0.05) is 0 Å². The molecule has 0 fully saturated rings. The van der Waals surface area contributed by atoms with Crippen molar-refractivity contribution in [1.29, 1.82) is 0 Å².